The predicted molar refractivity (Wildman–Crippen MR) is 120 cm³/mol. The van der Waals surface area contributed by atoms with Crippen molar-refractivity contribution in [1.82, 2.24) is 20.3 Å². The Labute approximate surface area is 186 Å². The molecule has 3 aromatic heterocycles. The van der Waals surface area contributed by atoms with Gasteiger partial charge in [0, 0.05) is 35.6 Å². The number of methoxy groups -OCH3 is 1. The van der Waals surface area contributed by atoms with Crippen LogP contribution < -0.4 is 10.6 Å². The maximum Gasteiger partial charge on any atom is 0.356 e. The average Bonchev–Trinajstić information content (AvgIpc) is 3.24. The molecule has 8 nitrogen and oxygen atoms in total. The van der Waals surface area contributed by atoms with Gasteiger partial charge in [0.15, 0.2) is 10.9 Å². The maximum atomic E-state index is 15.6. The second-order valence-electron chi connectivity index (χ2n) is 6.61. The summed E-state index contributed by atoms with van der Waals surface area (Å²) in [6, 6.07) is 9.73. The summed E-state index contributed by atoms with van der Waals surface area (Å²) >= 11 is 1.16. The van der Waals surface area contributed by atoms with Gasteiger partial charge >= 0.3 is 12.0 Å². The number of aromatic nitrogens is 3. The monoisotopic (exact) mass is 451 g/mol. The van der Waals surface area contributed by atoms with Crippen LogP contribution in [0.1, 0.15) is 17.4 Å². The van der Waals surface area contributed by atoms with Crippen LogP contribution in [0.15, 0.2) is 48.8 Å². The first-order valence-corrected chi connectivity index (χ1v) is 10.5. The molecule has 162 valence electrons. The van der Waals surface area contributed by atoms with E-state index in [0.29, 0.717) is 28.1 Å². The van der Waals surface area contributed by atoms with Crippen LogP contribution in [0.4, 0.5) is 14.3 Å². The second kappa shape index (κ2) is 9.06. The van der Waals surface area contributed by atoms with Gasteiger partial charge in [-0.3, -0.25) is 10.3 Å². The standard InChI is InChI=1S/C22H18FN5O3S/c1-3-24-21(30)28-22-27-18-17(23)13(12-7-8-16(26-11-12)20(29)31-2)10-14(19(18)32-22)15-6-4-5-9-25-15/h4-11H,3H2,1-2H3,(H2,24,27,28,30). The Morgan fingerprint density at radius 1 is 1.16 bits per heavy atom. The normalized spacial score (nSPS) is 10.7. The molecular formula is C22H18FN5O3S. The van der Waals surface area contributed by atoms with Crippen molar-refractivity contribution in [1.29, 1.82) is 0 Å². The number of amides is 2. The van der Waals surface area contributed by atoms with E-state index < -0.39 is 17.8 Å². The summed E-state index contributed by atoms with van der Waals surface area (Å²) < 4.78 is 20.8. The quantitative estimate of drug-likeness (QED) is 0.433. The highest BCUT2D eigenvalue weighted by Crippen LogP contribution is 2.40. The number of thiazole rings is 1. The lowest BCUT2D eigenvalue weighted by molar-refractivity contribution is 0.0594. The van der Waals surface area contributed by atoms with E-state index in [0.717, 1.165) is 11.3 Å². The number of carbonyl (C=O) groups is 2. The first kappa shape index (κ1) is 21.3. The van der Waals surface area contributed by atoms with Crippen molar-refractivity contribution in [3.8, 4) is 22.4 Å². The minimum atomic E-state index is -0.581. The van der Waals surface area contributed by atoms with Gasteiger partial charge < -0.3 is 10.1 Å². The second-order valence-corrected chi connectivity index (χ2v) is 7.60. The number of rotatable bonds is 5. The van der Waals surface area contributed by atoms with Crippen molar-refractivity contribution in [3.63, 3.8) is 0 Å². The van der Waals surface area contributed by atoms with Gasteiger partial charge in [-0.25, -0.2) is 23.9 Å². The van der Waals surface area contributed by atoms with Crippen molar-refractivity contribution in [2.45, 2.75) is 6.92 Å². The number of ether oxygens (including phenoxy) is 1. The van der Waals surface area contributed by atoms with E-state index in [1.54, 1.807) is 31.3 Å². The third-order valence-corrected chi connectivity index (χ3v) is 5.58. The lowest BCUT2D eigenvalue weighted by Gasteiger charge is -2.09. The molecule has 0 saturated carbocycles. The van der Waals surface area contributed by atoms with Gasteiger partial charge in [-0.05, 0) is 31.2 Å². The minimum absolute atomic E-state index is 0.108. The molecule has 32 heavy (non-hydrogen) atoms. The van der Waals surface area contributed by atoms with Gasteiger partial charge in [-0.15, -0.1) is 0 Å². The molecule has 4 rings (SSSR count). The first-order valence-electron chi connectivity index (χ1n) is 9.65. The molecule has 10 heteroatoms. The molecular weight excluding hydrogens is 433 g/mol. The number of urea groups is 1. The summed E-state index contributed by atoms with van der Waals surface area (Å²) in [6.45, 7) is 2.24. The van der Waals surface area contributed by atoms with Crippen LogP contribution in [0.25, 0.3) is 32.6 Å². The summed E-state index contributed by atoms with van der Waals surface area (Å²) in [6.07, 6.45) is 3.05. The van der Waals surface area contributed by atoms with Crippen molar-refractivity contribution in [2.24, 2.45) is 0 Å². The number of fused-ring (bicyclic) bond motifs is 1. The van der Waals surface area contributed by atoms with Gasteiger partial charge in [0.05, 0.1) is 17.5 Å². The van der Waals surface area contributed by atoms with E-state index in [1.807, 2.05) is 12.1 Å². The number of esters is 1. The zero-order chi connectivity index (χ0) is 22.7. The summed E-state index contributed by atoms with van der Waals surface area (Å²) in [5, 5.41) is 5.51. The fourth-order valence-corrected chi connectivity index (χ4v) is 4.09. The van der Waals surface area contributed by atoms with Crippen LogP contribution in [0.3, 0.4) is 0 Å². The van der Waals surface area contributed by atoms with E-state index in [9.17, 15) is 9.59 Å². The lowest BCUT2D eigenvalue weighted by atomic mass is 10.0. The molecule has 0 spiro atoms. The fraction of sp³-hybridized carbons (Fsp3) is 0.136. The van der Waals surface area contributed by atoms with Crippen LogP contribution >= 0.6 is 11.3 Å². The highest BCUT2D eigenvalue weighted by atomic mass is 32.1. The number of nitrogens with zero attached hydrogens (tertiary/aromatic N) is 3. The Balaban J connectivity index is 1.87. The van der Waals surface area contributed by atoms with Crippen LogP contribution in [-0.2, 0) is 4.74 Å². The van der Waals surface area contributed by atoms with E-state index in [2.05, 4.69) is 30.3 Å². The molecule has 0 bridgehead atoms. The lowest BCUT2D eigenvalue weighted by Crippen LogP contribution is -2.28. The largest absolute Gasteiger partial charge is 0.464 e. The molecule has 0 fully saturated rings. The SMILES string of the molecule is CCNC(=O)Nc1nc2c(F)c(-c3ccc(C(=O)OC)nc3)cc(-c3ccccn3)c2s1. The van der Waals surface area contributed by atoms with Crippen LogP contribution in [0.2, 0.25) is 0 Å². The predicted octanol–water partition coefficient (Wildman–Crippen LogP) is 4.49. The first-order chi connectivity index (χ1) is 15.5. The number of anilines is 1. The third kappa shape index (κ3) is 4.12. The van der Waals surface area contributed by atoms with E-state index >= 15 is 4.39 Å². The molecule has 2 amide bonds. The molecule has 4 aromatic rings. The number of pyridine rings is 2. The van der Waals surface area contributed by atoms with Crippen LogP contribution in [0, 0.1) is 5.82 Å². The van der Waals surface area contributed by atoms with E-state index in [4.69, 9.17) is 0 Å². The van der Waals surface area contributed by atoms with Crippen molar-refractivity contribution in [3.05, 3.63) is 60.3 Å². The number of halogens is 1. The highest BCUT2D eigenvalue weighted by molar-refractivity contribution is 7.22. The van der Waals surface area contributed by atoms with Gasteiger partial charge in [-0.1, -0.05) is 23.5 Å². The average molecular weight is 451 g/mol. The van der Waals surface area contributed by atoms with Gasteiger partial charge in [0.2, 0.25) is 0 Å². The summed E-state index contributed by atoms with van der Waals surface area (Å²) in [7, 11) is 1.26. The van der Waals surface area contributed by atoms with Crippen molar-refractivity contribution in [2.75, 3.05) is 19.0 Å². The number of nitrogens with one attached hydrogen (secondary N) is 2. The zero-order valence-corrected chi connectivity index (χ0v) is 18.0. The fourth-order valence-electron chi connectivity index (χ4n) is 3.11. The Morgan fingerprint density at radius 3 is 2.66 bits per heavy atom. The topological polar surface area (TPSA) is 106 Å². The smallest absolute Gasteiger partial charge is 0.356 e. The van der Waals surface area contributed by atoms with Crippen LogP contribution in [-0.4, -0.2) is 40.6 Å². The van der Waals surface area contributed by atoms with Gasteiger partial charge in [-0.2, -0.15) is 0 Å². The highest BCUT2D eigenvalue weighted by Gasteiger charge is 2.21. The molecule has 3 heterocycles. The third-order valence-electron chi connectivity index (χ3n) is 4.57. The summed E-state index contributed by atoms with van der Waals surface area (Å²) in [5.41, 5.74) is 2.22. The Bertz CT molecular complexity index is 1290. The molecule has 0 aliphatic heterocycles. The van der Waals surface area contributed by atoms with Crippen LogP contribution in [0.5, 0.6) is 0 Å². The zero-order valence-electron chi connectivity index (χ0n) is 17.2. The van der Waals surface area contributed by atoms with Gasteiger partial charge in [0.1, 0.15) is 11.2 Å². The Morgan fingerprint density at radius 2 is 2.00 bits per heavy atom. The van der Waals surface area contributed by atoms with Crippen molar-refractivity contribution < 1.29 is 18.7 Å². The number of carbonyl (C=O) groups excluding carboxylic acids is 2. The Hall–Kier alpha value is -3.92. The summed E-state index contributed by atoms with van der Waals surface area (Å²) in [5.74, 6) is -1.14. The molecule has 0 saturated heterocycles. The van der Waals surface area contributed by atoms with E-state index in [1.165, 1.54) is 19.4 Å². The van der Waals surface area contributed by atoms with E-state index in [-0.39, 0.29) is 21.9 Å². The number of benzene rings is 1. The molecule has 1 aromatic carbocycles. The number of hydrogen-bond donors (Lipinski definition) is 2. The molecule has 0 aliphatic rings. The van der Waals surface area contributed by atoms with Crippen molar-refractivity contribution >= 4 is 38.7 Å². The van der Waals surface area contributed by atoms with Gasteiger partial charge in [0.25, 0.3) is 0 Å². The molecule has 0 atom stereocenters. The Kier molecular flexibility index (Phi) is 6.04. The molecule has 2 N–H and O–H groups in total. The molecule has 0 unspecified atom stereocenters. The minimum Gasteiger partial charge on any atom is -0.464 e. The summed E-state index contributed by atoms with van der Waals surface area (Å²) in [4.78, 5) is 36.4. The molecule has 0 radical (unpaired) electrons. The maximum absolute atomic E-state index is 15.6. The number of hydrogen-bond acceptors (Lipinski definition) is 7. The molecule has 0 aliphatic carbocycles.